The zero-order valence-electron chi connectivity index (χ0n) is 16.7. The zero-order chi connectivity index (χ0) is 20.4. The Morgan fingerprint density at radius 1 is 1.30 bits per heavy atom. The fourth-order valence-corrected chi connectivity index (χ4v) is 3.94. The van der Waals surface area contributed by atoms with Gasteiger partial charge >= 0.3 is 0 Å². The standard InChI is InChI=1S/C22H24FN3O3.ClH/c1-2-29-19-6-4-3-5-18(19)26-13-15(11-20(26)27)22(28)25-17-8-7-14-12-24-10-9-16(14)21(17)23;/h3-8,15,24H,2,9-13H2,1H3,(H,25,28);1H. The van der Waals surface area contributed by atoms with E-state index in [1.54, 1.807) is 23.1 Å². The minimum absolute atomic E-state index is 0. The molecule has 160 valence electrons. The van der Waals surface area contributed by atoms with Crippen LogP contribution in [0.1, 0.15) is 24.5 Å². The Labute approximate surface area is 181 Å². The molecule has 4 rings (SSSR count). The number of halogens is 2. The number of nitrogens with one attached hydrogen (secondary N) is 2. The van der Waals surface area contributed by atoms with Crippen LogP contribution in [0.15, 0.2) is 36.4 Å². The van der Waals surface area contributed by atoms with Gasteiger partial charge in [-0.1, -0.05) is 18.2 Å². The first-order chi connectivity index (χ1) is 14.1. The first kappa shape index (κ1) is 22.1. The van der Waals surface area contributed by atoms with Gasteiger partial charge in [0.05, 0.1) is 23.9 Å². The average Bonchev–Trinajstić information content (AvgIpc) is 3.12. The lowest BCUT2D eigenvalue weighted by Gasteiger charge is -2.21. The number of nitrogens with zero attached hydrogens (tertiary/aromatic N) is 1. The second kappa shape index (κ2) is 9.45. The molecule has 0 bridgehead atoms. The van der Waals surface area contributed by atoms with Gasteiger partial charge in [0.1, 0.15) is 11.6 Å². The van der Waals surface area contributed by atoms with Gasteiger partial charge in [-0.05, 0) is 49.2 Å². The predicted molar refractivity (Wildman–Crippen MR) is 116 cm³/mol. The van der Waals surface area contributed by atoms with E-state index in [1.807, 2.05) is 25.1 Å². The van der Waals surface area contributed by atoms with Crippen molar-refractivity contribution < 1.29 is 18.7 Å². The Morgan fingerprint density at radius 3 is 2.90 bits per heavy atom. The van der Waals surface area contributed by atoms with Crippen LogP contribution in [0.5, 0.6) is 5.75 Å². The molecule has 2 aromatic carbocycles. The van der Waals surface area contributed by atoms with E-state index < -0.39 is 5.92 Å². The molecule has 6 nitrogen and oxygen atoms in total. The van der Waals surface area contributed by atoms with Crippen LogP contribution in [0.4, 0.5) is 15.8 Å². The first-order valence-corrected chi connectivity index (χ1v) is 9.92. The van der Waals surface area contributed by atoms with Gasteiger partial charge in [0.15, 0.2) is 0 Å². The largest absolute Gasteiger partial charge is 0.492 e. The van der Waals surface area contributed by atoms with Crippen molar-refractivity contribution in [3.63, 3.8) is 0 Å². The predicted octanol–water partition coefficient (Wildman–Crippen LogP) is 3.28. The third-order valence-electron chi connectivity index (χ3n) is 5.42. The summed E-state index contributed by atoms with van der Waals surface area (Å²) in [6.07, 6.45) is 0.678. The van der Waals surface area contributed by atoms with Crippen molar-refractivity contribution >= 4 is 35.6 Å². The van der Waals surface area contributed by atoms with Crippen molar-refractivity contribution in [1.29, 1.82) is 0 Å². The number of fused-ring (bicyclic) bond motifs is 1. The Hall–Kier alpha value is -2.64. The molecule has 2 N–H and O–H groups in total. The molecule has 2 aliphatic rings. The van der Waals surface area contributed by atoms with Crippen LogP contribution in [0.2, 0.25) is 0 Å². The van der Waals surface area contributed by atoms with Gasteiger partial charge in [0, 0.05) is 19.5 Å². The van der Waals surface area contributed by atoms with Crippen molar-refractivity contribution in [1.82, 2.24) is 5.32 Å². The SMILES string of the molecule is CCOc1ccccc1N1CC(C(=O)Nc2ccc3c(c2F)CCNC3)CC1=O.Cl. The summed E-state index contributed by atoms with van der Waals surface area (Å²) in [5, 5.41) is 5.89. The summed E-state index contributed by atoms with van der Waals surface area (Å²) < 4.78 is 20.4. The molecular weight excluding hydrogens is 409 g/mol. The van der Waals surface area contributed by atoms with E-state index in [0.29, 0.717) is 43.1 Å². The molecule has 1 saturated heterocycles. The van der Waals surface area contributed by atoms with E-state index in [-0.39, 0.29) is 48.7 Å². The van der Waals surface area contributed by atoms with Gasteiger partial charge in [-0.15, -0.1) is 12.4 Å². The van der Waals surface area contributed by atoms with Gasteiger partial charge in [0.25, 0.3) is 0 Å². The summed E-state index contributed by atoms with van der Waals surface area (Å²) in [5.41, 5.74) is 2.40. The Balaban J connectivity index is 0.00000256. The lowest BCUT2D eigenvalue weighted by atomic mass is 9.99. The van der Waals surface area contributed by atoms with Crippen LogP contribution < -0.4 is 20.3 Å². The van der Waals surface area contributed by atoms with Gasteiger partial charge in [-0.2, -0.15) is 0 Å². The lowest BCUT2D eigenvalue weighted by molar-refractivity contribution is -0.122. The van der Waals surface area contributed by atoms with Crippen LogP contribution in [-0.2, 0) is 22.6 Å². The number of hydrogen-bond donors (Lipinski definition) is 2. The minimum atomic E-state index is -0.547. The number of rotatable bonds is 5. The number of carbonyl (C=O) groups excluding carboxylic acids is 2. The molecule has 0 aromatic heterocycles. The van der Waals surface area contributed by atoms with E-state index in [9.17, 15) is 14.0 Å². The highest BCUT2D eigenvalue weighted by Crippen LogP contribution is 2.33. The molecule has 2 aliphatic heterocycles. The Kier molecular flexibility index (Phi) is 6.95. The fraction of sp³-hybridized carbons (Fsp3) is 0.364. The second-order valence-electron chi connectivity index (χ2n) is 7.29. The van der Waals surface area contributed by atoms with Gasteiger partial charge in [-0.25, -0.2) is 4.39 Å². The third-order valence-corrected chi connectivity index (χ3v) is 5.42. The third kappa shape index (κ3) is 4.27. The van der Waals surface area contributed by atoms with E-state index in [4.69, 9.17) is 4.74 Å². The quantitative estimate of drug-likeness (QED) is 0.759. The van der Waals surface area contributed by atoms with E-state index >= 15 is 0 Å². The molecule has 0 aliphatic carbocycles. The number of benzene rings is 2. The summed E-state index contributed by atoms with van der Waals surface area (Å²) in [6.45, 7) is 3.95. The number of carbonyl (C=O) groups is 2. The van der Waals surface area contributed by atoms with Crippen LogP contribution >= 0.6 is 12.4 Å². The summed E-state index contributed by atoms with van der Waals surface area (Å²) in [5.74, 6) is -0.801. The maximum Gasteiger partial charge on any atom is 0.229 e. The van der Waals surface area contributed by atoms with Crippen LogP contribution in [0, 0.1) is 11.7 Å². The summed E-state index contributed by atoms with van der Waals surface area (Å²) >= 11 is 0. The topological polar surface area (TPSA) is 70.7 Å². The molecule has 2 aromatic rings. The first-order valence-electron chi connectivity index (χ1n) is 9.92. The molecule has 1 fully saturated rings. The molecule has 1 unspecified atom stereocenters. The normalized spacial score (nSPS) is 17.9. The highest BCUT2D eigenvalue weighted by Gasteiger charge is 2.36. The molecule has 0 spiro atoms. The molecule has 2 heterocycles. The number of amides is 2. The van der Waals surface area contributed by atoms with Gasteiger partial charge in [-0.3, -0.25) is 9.59 Å². The van der Waals surface area contributed by atoms with Crippen molar-refractivity contribution in [2.75, 3.05) is 29.9 Å². The van der Waals surface area contributed by atoms with Crippen molar-refractivity contribution in [3.05, 3.63) is 53.3 Å². The molecule has 1 atom stereocenters. The fourth-order valence-electron chi connectivity index (χ4n) is 3.94. The number of anilines is 2. The summed E-state index contributed by atoms with van der Waals surface area (Å²) in [6, 6.07) is 10.7. The summed E-state index contributed by atoms with van der Waals surface area (Å²) in [4.78, 5) is 26.9. The van der Waals surface area contributed by atoms with Gasteiger partial charge in [0.2, 0.25) is 11.8 Å². The van der Waals surface area contributed by atoms with Crippen molar-refractivity contribution in [2.24, 2.45) is 5.92 Å². The monoisotopic (exact) mass is 433 g/mol. The maximum absolute atomic E-state index is 14.8. The molecule has 0 saturated carbocycles. The number of ether oxygens (including phenoxy) is 1. The molecule has 0 radical (unpaired) electrons. The zero-order valence-corrected chi connectivity index (χ0v) is 17.6. The van der Waals surface area contributed by atoms with E-state index in [1.165, 1.54) is 0 Å². The second-order valence-corrected chi connectivity index (χ2v) is 7.29. The van der Waals surface area contributed by atoms with Crippen LogP contribution in [-0.4, -0.2) is 31.5 Å². The summed E-state index contributed by atoms with van der Waals surface area (Å²) in [7, 11) is 0. The van der Waals surface area contributed by atoms with Crippen molar-refractivity contribution in [2.45, 2.75) is 26.3 Å². The lowest BCUT2D eigenvalue weighted by Crippen LogP contribution is -2.29. The highest BCUT2D eigenvalue weighted by molar-refractivity contribution is 6.04. The molecule has 8 heteroatoms. The molecule has 30 heavy (non-hydrogen) atoms. The van der Waals surface area contributed by atoms with Crippen LogP contribution in [0.3, 0.4) is 0 Å². The van der Waals surface area contributed by atoms with E-state index in [2.05, 4.69) is 10.6 Å². The maximum atomic E-state index is 14.8. The van der Waals surface area contributed by atoms with Crippen LogP contribution in [0.25, 0.3) is 0 Å². The highest BCUT2D eigenvalue weighted by atomic mass is 35.5. The Bertz CT molecular complexity index is 953. The Morgan fingerprint density at radius 2 is 2.10 bits per heavy atom. The van der Waals surface area contributed by atoms with Gasteiger partial charge < -0.3 is 20.3 Å². The average molecular weight is 434 g/mol. The molecule has 2 amide bonds. The number of hydrogen-bond acceptors (Lipinski definition) is 4. The smallest absolute Gasteiger partial charge is 0.229 e. The molecular formula is C22H25ClFN3O3. The number of para-hydroxylation sites is 2. The van der Waals surface area contributed by atoms with Crippen molar-refractivity contribution in [3.8, 4) is 5.75 Å². The minimum Gasteiger partial charge on any atom is -0.492 e. The van der Waals surface area contributed by atoms with E-state index in [0.717, 1.165) is 5.56 Å².